The van der Waals surface area contributed by atoms with Gasteiger partial charge in [0.15, 0.2) is 0 Å². The number of aromatic nitrogens is 4. The van der Waals surface area contributed by atoms with Crippen molar-refractivity contribution in [3.05, 3.63) is 230 Å². The van der Waals surface area contributed by atoms with Gasteiger partial charge in [-0.3, -0.25) is 0 Å². The van der Waals surface area contributed by atoms with E-state index in [0.29, 0.717) is 33.4 Å². The van der Waals surface area contributed by atoms with E-state index < -0.39 is 11.7 Å². The molecule has 0 aliphatic rings. The summed E-state index contributed by atoms with van der Waals surface area (Å²) in [6.45, 7) is 0. The largest absolute Gasteiger partial charge is 0.418 e. The molecule has 4 aromatic heterocycles. The number of nitriles is 1. The molecule has 0 spiro atoms. The van der Waals surface area contributed by atoms with Crippen LogP contribution in [0.2, 0.25) is 0 Å². The molecule has 0 aliphatic heterocycles. The van der Waals surface area contributed by atoms with Crippen LogP contribution in [0.1, 0.15) is 11.1 Å². The van der Waals surface area contributed by atoms with Gasteiger partial charge in [-0.05, 0) is 103 Å². The quantitative estimate of drug-likeness (QED) is 0.170. The standard InChI is InChI=1S/C62H36F3N5/c63-62(64,65)51-36-60(69-56-26-11-5-20-46(56)49-33-40(28-30-58(49)69)67-52-22-7-1-16-42(52)43-17-2-8-23-53(43)67)48(39-15-13-14-38(32-39)37-66)35-61(51)70-57-27-12-6-21-47(57)50-34-41(29-31-59(50)70)68-54-24-9-3-18-44(54)45-19-4-10-25-55(45)68/h1-36H. The first-order valence-electron chi connectivity index (χ1n) is 23.1. The number of hydrogen-bond donors (Lipinski definition) is 0. The molecule has 0 aliphatic carbocycles. The zero-order valence-corrected chi connectivity index (χ0v) is 37.2. The van der Waals surface area contributed by atoms with Crippen LogP contribution in [0.5, 0.6) is 0 Å². The second kappa shape index (κ2) is 14.8. The van der Waals surface area contributed by atoms with Gasteiger partial charge in [-0.25, -0.2) is 0 Å². The van der Waals surface area contributed by atoms with E-state index >= 15 is 13.2 Å². The Balaban J connectivity index is 1.05. The van der Waals surface area contributed by atoms with Crippen LogP contribution in [0.25, 0.3) is 121 Å². The third-order valence-electron chi connectivity index (χ3n) is 14.2. The normalized spacial score (nSPS) is 12.2. The summed E-state index contributed by atoms with van der Waals surface area (Å²) in [6, 6.07) is 73.4. The van der Waals surface area contributed by atoms with Gasteiger partial charge in [-0.2, -0.15) is 18.4 Å². The predicted octanol–water partition coefficient (Wildman–Crippen LogP) is 16.6. The number of alkyl halides is 3. The number of hydrogen-bond acceptors (Lipinski definition) is 1. The highest BCUT2D eigenvalue weighted by Crippen LogP contribution is 2.46. The Hall–Kier alpha value is -9.32. The van der Waals surface area contributed by atoms with Gasteiger partial charge in [0.1, 0.15) is 0 Å². The minimum absolute atomic E-state index is 0.0150. The van der Waals surface area contributed by atoms with Crippen LogP contribution < -0.4 is 0 Å². The Morgan fingerprint density at radius 1 is 0.329 bits per heavy atom. The topological polar surface area (TPSA) is 43.5 Å². The van der Waals surface area contributed by atoms with E-state index in [4.69, 9.17) is 0 Å². The van der Waals surface area contributed by atoms with Gasteiger partial charge in [-0.15, -0.1) is 0 Å². The predicted molar refractivity (Wildman–Crippen MR) is 279 cm³/mol. The fraction of sp³-hybridized carbons (Fsp3) is 0.0161. The highest BCUT2D eigenvalue weighted by Gasteiger charge is 2.37. The van der Waals surface area contributed by atoms with Gasteiger partial charge in [-0.1, -0.05) is 121 Å². The fourth-order valence-electron chi connectivity index (χ4n) is 11.3. The molecule has 330 valence electrons. The van der Waals surface area contributed by atoms with Crippen LogP contribution in [0.3, 0.4) is 0 Å². The third kappa shape index (κ3) is 5.72. The van der Waals surface area contributed by atoms with Crippen molar-refractivity contribution in [2.75, 3.05) is 0 Å². The first kappa shape index (κ1) is 39.8. The summed E-state index contributed by atoms with van der Waals surface area (Å²) in [6.07, 6.45) is -4.78. The summed E-state index contributed by atoms with van der Waals surface area (Å²) in [5.74, 6) is 0. The Kier molecular flexibility index (Phi) is 8.44. The van der Waals surface area contributed by atoms with Crippen LogP contribution in [-0.2, 0) is 6.18 Å². The molecule has 5 nitrogen and oxygen atoms in total. The molecule has 8 heteroatoms. The van der Waals surface area contributed by atoms with Gasteiger partial charge < -0.3 is 18.3 Å². The second-order valence-electron chi connectivity index (χ2n) is 17.9. The minimum Gasteiger partial charge on any atom is -0.309 e. The molecule has 0 saturated carbocycles. The molecular weight excluding hydrogens is 872 g/mol. The lowest BCUT2D eigenvalue weighted by atomic mass is 9.97. The second-order valence-corrected chi connectivity index (χ2v) is 17.9. The van der Waals surface area contributed by atoms with Gasteiger partial charge in [0.05, 0.1) is 72.7 Å². The fourth-order valence-corrected chi connectivity index (χ4v) is 11.3. The Morgan fingerprint density at radius 2 is 0.700 bits per heavy atom. The third-order valence-corrected chi connectivity index (χ3v) is 14.2. The maximum atomic E-state index is 16.3. The Bertz CT molecular complexity index is 4450. The number of halogens is 3. The first-order chi connectivity index (χ1) is 34.3. The van der Waals surface area contributed by atoms with Crippen molar-refractivity contribution in [2.45, 2.75) is 6.18 Å². The van der Waals surface area contributed by atoms with Crippen molar-refractivity contribution in [3.8, 4) is 39.9 Å². The van der Waals surface area contributed by atoms with Crippen molar-refractivity contribution in [1.29, 1.82) is 5.26 Å². The number of para-hydroxylation sites is 6. The zero-order valence-electron chi connectivity index (χ0n) is 37.2. The first-order valence-corrected chi connectivity index (χ1v) is 23.1. The molecule has 14 aromatic rings. The summed E-state index contributed by atoms with van der Waals surface area (Å²) in [7, 11) is 0. The van der Waals surface area contributed by atoms with Gasteiger partial charge in [0.25, 0.3) is 0 Å². The van der Waals surface area contributed by atoms with Crippen molar-refractivity contribution in [2.24, 2.45) is 0 Å². The summed E-state index contributed by atoms with van der Waals surface area (Å²) < 4.78 is 57.0. The summed E-state index contributed by atoms with van der Waals surface area (Å²) >= 11 is 0. The number of fused-ring (bicyclic) bond motifs is 12. The minimum atomic E-state index is -4.78. The molecule has 0 amide bonds. The molecule has 4 heterocycles. The molecule has 0 saturated heterocycles. The van der Waals surface area contributed by atoms with Crippen molar-refractivity contribution >= 4 is 87.2 Å². The summed E-state index contributed by atoms with van der Waals surface area (Å²) in [4.78, 5) is 0. The van der Waals surface area contributed by atoms with Crippen LogP contribution >= 0.6 is 0 Å². The maximum absolute atomic E-state index is 16.3. The summed E-state index contributed by atoms with van der Waals surface area (Å²) in [5, 5.41) is 18.1. The molecule has 0 N–H and O–H groups in total. The maximum Gasteiger partial charge on any atom is 0.418 e. The average Bonchev–Trinajstić information content (AvgIpc) is 4.13. The molecular formula is C62H36F3N5. The van der Waals surface area contributed by atoms with E-state index in [1.807, 2.05) is 126 Å². The number of rotatable bonds is 5. The van der Waals surface area contributed by atoms with E-state index in [2.05, 4.69) is 81.9 Å². The molecule has 0 fully saturated rings. The van der Waals surface area contributed by atoms with Crippen molar-refractivity contribution in [1.82, 2.24) is 18.3 Å². The molecule has 70 heavy (non-hydrogen) atoms. The molecule has 0 atom stereocenters. The highest BCUT2D eigenvalue weighted by atomic mass is 19.4. The molecule has 0 bridgehead atoms. The average molecular weight is 908 g/mol. The SMILES string of the molecule is N#Cc1cccc(-c2cc(-n3c4ccccc4c4cc(-n5c6ccccc6c6ccccc65)ccc43)c(C(F)(F)F)cc2-n2c3ccccc3c3cc(-n4c5ccccc5c5ccccc54)ccc32)c1. The van der Waals surface area contributed by atoms with E-state index in [9.17, 15) is 5.26 Å². The van der Waals surface area contributed by atoms with Crippen molar-refractivity contribution in [3.63, 3.8) is 0 Å². The van der Waals surface area contributed by atoms with E-state index in [-0.39, 0.29) is 5.69 Å². The van der Waals surface area contributed by atoms with Gasteiger partial charge in [0, 0.05) is 60.0 Å². The lowest BCUT2D eigenvalue weighted by Gasteiger charge is -2.22. The van der Waals surface area contributed by atoms with Crippen molar-refractivity contribution < 1.29 is 13.2 Å². The lowest BCUT2D eigenvalue weighted by molar-refractivity contribution is -0.137. The van der Waals surface area contributed by atoms with Gasteiger partial charge >= 0.3 is 6.18 Å². The lowest BCUT2D eigenvalue weighted by Crippen LogP contribution is -2.13. The molecule has 0 unspecified atom stereocenters. The monoisotopic (exact) mass is 907 g/mol. The van der Waals surface area contributed by atoms with Crippen LogP contribution in [-0.4, -0.2) is 18.3 Å². The zero-order chi connectivity index (χ0) is 46.8. The van der Waals surface area contributed by atoms with E-state index in [1.165, 1.54) is 6.07 Å². The van der Waals surface area contributed by atoms with Crippen LogP contribution in [0, 0.1) is 11.3 Å². The molecule has 10 aromatic carbocycles. The van der Waals surface area contributed by atoms with Crippen LogP contribution in [0.4, 0.5) is 13.2 Å². The Labute approximate surface area is 397 Å². The molecule has 14 rings (SSSR count). The smallest absolute Gasteiger partial charge is 0.309 e. The highest BCUT2D eigenvalue weighted by molar-refractivity contribution is 6.14. The van der Waals surface area contributed by atoms with E-state index in [1.54, 1.807) is 28.8 Å². The number of benzene rings is 10. The molecule has 0 radical (unpaired) electrons. The van der Waals surface area contributed by atoms with Gasteiger partial charge in [0.2, 0.25) is 0 Å². The Morgan fingerprint density at radius 3 is 1.11 bits per heavy atom. The summed E-state index contributed by atoms with van der Waals surface area (Å²) in [5.41, 5.74) is 9.92. The van der Waals surface area contributed by atoms with E-state index in [0.717, 1.165) is 87.6 Å². The van der Waals surface area contributed by atoms with Crippen LogP contribution in [0.15, 0.2) is 218 Å². The number of nitrogens with zero attached hydrogens (tertiary/aromatic N) is 5.